The molecule has 18 heavy (non-hydrogen) atoms. The Labute approximate surface area is 108 Å². The van der Waals surface area contributed by atoms with Gasteiger partial charge in [0.15, 0.2) is 0 Å². The van der Waals surface area contributed by atoms with E-state index in [2.05, 4.69) is 28.7 Å². The smallest absolute Gasteiger partial charge is 0.134 e. The highest BCUT2D eigenvalue weighted by molar-refractivity contribution is 5.47. The average Bonchev–Trinajstić information content (AvgIpc) is 2.53. The third-order valence-electron chi connectivity index (χ3n) is 3.03. The van der Waals surface area contributed by atoms with Crippen molar-refractivity contribution in [3.05, 3.63) is 11.9 Å². The Bertz CT molecular complexity index is 397. The lowest BCUT2D eigenvalue weighted by molar-refractivity contribution is 0.0820. The summed E-state index contributed by atoms with van der Waals surface area (Å²) in [6.07, 6.45) is 3.16. The molecule has 0 bridgehead atoms. The number of nitrogens with two attached hydrogens (primary N) is 1. The molecule has 1 saturated heterocycles. The van der Waals surface area contributed by atoms with E-state index >= 15 is 0 Å². The van der Waals surface area contributed by atoms with Crippen LogP contribution >= 0.6 is 0 Å². The molecular weight excluding hydrogens is 228 g/mol. The summed E-state index contributed by atoms with van der Waals surface area (Å²) in [5.41, 5.74) is 5.86. The van der Waals surface area contributed by atoms with Crippen LogP contribution in [0.25, 0.3) is 0 Å². The number of aromatic nitrogens is 2. The van der Waals surface area contributed by atoms with Gasteiger partial charge in [-0.25, -0.2) is 9.97 Å². The predicted octanol–water partition coefficient (Wildman–Crippen LogP) is 1.63. The third kappa shape index (κ3) is 3.32. The highest BCUT2D eigenvalue weighted by Crippen LogP contribution is 2.18. The van der Waals surface area contributed by atoms with Crippen LogP contribution in [0.2, 0.25) is 0 Å². The predicted molar refractivity (Wildman–Crippen MR) is 72.7 cm³/mol. The van der Waals surface area contributed by atoms with Crippen molar-refractivity contribution in [3.63, 3.8) is 0 Å². The third-order valence-corrected chi connectivity index (χ3v) is 3.03. The Hall–Kier alpha value is -1.36. The van der Waals surface area contributed by atoms with Crippen LogP contribution in [0.1, 0.15) is 32.5 Å². The zero-order chi connectivity index (χ0) is 13.0. The van der Waals surface area contributed by atoms with Crippen molar-refractivity contribution in [2.24, 2.45) is 0 Å². The van der Waals surface area contributed by atoms with Crippen LogP contribution in [0.5, 0.6) is 0 Å². The molecule has 0 amide bonds. The summed E-state index contributed by atoms with van der Waals surface area (Å²) in [4.78, 5) is 11.1. The van der Waals surface area contributed by atoms with Crippen LogP contribution in [0.15, 0.2) is 6.07 Å². The first-order valence-electron chi connectivity index (χ1n) is 6.69. The molecule has 1 atom stereocenters. The molecule has 2 heterocycles. The number of nitrogen functional groups attached to an aromatic ring is 1. The molecule has 1 aliphatic rings. The molecule has 0 aromatic carbocycles. The van der Waals surface area contributed by atoms with Crippen molar-refractivity contribution >= 4 is 11.6 Å². The molecule has 1 aliphatic heterocycles. The zero-order valence-electron chi connectivity index (χ0n) is 11.2. The maximum Gasteiger partial charge on any atom is 0.134 e. The molecule has 0 spiro atoms. The van der Waals surface area contributed by atoms with Gasteiger partial charge in [-0.15, -0.1) is 0 Å². The molecule has 5 heteroatoms. The van der Waals surface area contributed by atoms with E-state index in [0.717, 1.165) is 50.6 Å². The first-order chi connectivity index (χ1) is 8.69. The van der Waals surface area contributed by atoms with Gasteiger partial charge in [-0.05, 0) is 19.8 Å². The van der Waals surface area contributed by atoms with E-state index in [1.165, 1.54) is 0 Å². The van der Waals surface area contributed by atoms with Gasteiger partial charge >= 0.3 is 0 Å². The van der Waals surface area contributed by atoms with E-state index in [1.54, 1.807) is 0 Å². The second kappa shape index (κ2) is 6.00. The van der Waals surface area contributed by atoms with Crippen LogP contribution in [0.4, 0.5) is 11.6 Å². The Balaban J connectivity index is 2.19. The van der Waals surface area contributed by atoms with Gasteiger partial charge in [-0.2, -0.15) is 0 Å². The topological polar surface area (TPSA) is 64.3 Å². The Morgan fingerprint density at radius 2 is 2.33 bits per heavy atom. The normalized spacial score (nSPS) is 20.8. The van der Waals surface area contributed by atoms with E-state index in [9.17, 15) is 0 Å². The number of hydrogen-bond acceptors (Lipinski definition) is 5. The van der Waals surface area contributed by atoms with Gasteiger partial charge in [0, 0.05) is 32.2 Å². The number of hydrogen-bond donors (Lipinski definition) is 1. The summed E-state index contributed by atoms with van der Waals surface area (Å²) in [6.45, 7) is 6.86. The van der Waals surface area contributed by atoms with E-state index < -0.39 is 0 Å². The maximum atomic E-state index is 5.86. The molecule has 2 rings (SSSR count). The maximum absolute atomic E-state index is 5.86. The molecular formula is C13H22N4O. The Kier molecular flexibility index (Phi) is 4.36. The zero-order valence-corrected chi connectivity index (χ0v) is 11.2. The second-order valence-corrected chi connectivity index (χ2v) is 4.80. The fourth-order valence-electron chi connectivity index (χ4n) is 2.20. The molecule has 0 saturated carbocycles. The molecule has 100 valence electrons. The van der Waals surface area contributed by atoms with Crippen molar-refractivity contribution in [2.45, 2.75) is 39.2 Å². The van der Waals surface area contributed by atoms with Gasteiger partial charge in [-0.3, -0.25) is 0 Å². The Morgan fingerprint density at radius 1 is 1.50 bits per heavy atom. The molecule has 1 fully saturated rings. The van der Waals surface area contributed by atoms with E-state index in [0.29, 0.717) is 5.82 Å². The van der Waals surface area contributed by atoms with Crippen LogP contribution in [-0.2, 0) is 11.2 Å². The summed E-state index contributed by atoms with van der Waals surface area (Å²) in [5, 5.41) is 0. The molecule has 1 aromatic rings. The lowest BCUT2D eigenvalue weighted by Crippen LogP contribution is -2.31. The van der Waals surface area contributed by atoms with Crippen molar-refractivity contribution < 1.29 is 4.74 Å². The molecule has 0 radical (unpaired) electrons. The van der Waals surface area contributed by atoms with Gasteiger partial charge in [0.05, 0.1) is 6.10 Å². The van der Waals surface area contributed by atoms with Crippen molar-refractivity contribution in [3.8, 4) is 0 Å². The summed E-state index contributed by atoms with van der Waals surface area (Å²) in [7, 11) is 0. The average molecular weight is 250 g/mol. The van der Waals surface area contributed by atoms with Crippen molar-refractivity contribution in [1.82, 2.24) is 9.97 Å². The van der Waals surface area contributed by atoms with Crippen LogP contribution < -0.4 is 10.6 Å². The van der Waals surface area contributed by atoms with Gasteiger partial charge in [-0.1, -0.05) is 6.92 Å². The van der Waals surface area contributed by atoms with Gasteiger partial charge in [0.2, 0.25) is 0 Å². The van der Waals surface area contributed by atoms with Crippen LogP contribution in [0, 0.1) is 0 Å². The first-order valence-corrected chi connectivity index (χ1v) is 6.69. The number of nitrogens with zero attached hydrogens (tertiary/aromatic N) is 3. The number of rotatable bonds is 3. The SMILES string of the molecule is CCCc1nc(N)cc(N2CCCOC(C)C2)n1. The summed E-state index contributed by atoms with van der Waals surface area (Å²) < 4.78 is 5.65. The summed E-state index contributed by atoms with van der Waals surface area (Å²) >= 11 is 0. The summed E-state index contributed by atoms with van der Waals surface area (Å²) in [5.74, 6) is 2.33. The van der Waals surface area contributed by atoms with Crippen LogP contribution in [0.3, 0.4) is 0 Å². The molecule has 2 N–H and O–H groups in total. The minimum atomic E-state index is 0.235. The molecule has 1 aromatic heterocycles. The standard InChI is InChI=1S/C13H22N4O/c1-3-5-12-15-11(14)8-13(16-12)17-6-4-7-18-10(2)9-17/h8,10H,3-7,9H2,1-2H3,(H2,14,15,16). The lowest BCUT2D eigenvalue weighted by Gasteiger charge is -2.23. The minimum Gasteiger partial charge on any atom is -0.384 e. The van der Waals surface area contributed by atoms with E-state index in [1.807, 2.05) is 6.07 Å². The molecule has 1 unspecified atom stereocenters. The van der Waals surface area contributed by atoms with Crippen molar-refractivity contribution in [1.29, 1.82) is 0 Å². The fourth-order valence-corrected chi connectivity index (χ4v) is 2.20. The molecule has 5 nitrogen and oxygen atoms in total. The molecule has 0 aliphatic carbocycles. The van der Waals surface area contributed by atoms with Gasteiger partial charge in [0.25, 0.3) is 0 Å². The monoisotopic (exact) mass is 250 g/mol. The lowest BCUT2D eigenvalue weighted by atomic mass is 10.3. The van der Waals surface area contributed by atoms with Crippen LogP contribution in [-0.4, -0.2) is 35.8 Å². The Morgan fingerprint density at radius 3 is 3.11 bits per heavy atom. The number of ether oxygens (including phenoxy) is 1. The summed E-state index contributed by atoms with van der Waals surface area (Å²) in [6, 6.07) is 1.86. The highest BCUT2D eigenvalue weighted by Gasteiger charge is 2.17. The first kappa shape index (κ1) is 13.1. The second-order valence-electron chi connectivity index (χ2n) is 4.80. The minimum absolute atomic E-state index is 0.235. The van der Waals surface area contributed by atoms with Gasteiger partial charge < -0.3 is 15.4 Å². The quantitative estimate of drug-likeness (QED) is 0.883. The largest absolute Gasteiger partial charge is 0.384 e. The van der Waals surface area contributed by atoms with Gasteiger partial charge in [0.1, 0.15) is 17.5 Å². The number of aryl methyl sites for hydroxylation is 1. The van der Waals surface area contributed by atoms with E-state index in [-0.39, 0.29) is 6.10 Å². The number of anilines is 2. The van der Waals surface area contributed by atoms with Crippen molar-refractivity contribution in [2.75, 3.05) is 30.3 Å². The van der Waals surface area contributed by atoms with E-state index in [4.69, 9.17) is 10.5 Å². The highest BCUT2D eigenvalue weighted by atomic mass is 16.5. The fraction of sp³-hybridized carbons (Fsp3) is 0.692.